The van der Waals surface area contributed by atoms with Crippen molar-refractivity contribution < 1.29 is 9.47 Å². The van der Waals surface area contributed by atoms with E-state index >= 15 is 0 Å². The minimum atomic E-state index is 0. The van der Waals surface area contributed by atoms with Crippen LogP contribution in [-0.4, -0.2) is 47.0 Å². The van der Waals surface area contributed by atoms with E-state index in [0.717, 1.165) is 68.0 Å². The number of benzene rings is 1. The molecule has 0 atom stereocenters. The van der Waals surface area contributed by atoms with Gasteiger partial charge in [-0.05, 0) is 51.3 Å². The Bertz CT molecular complexity index is 824. The number of fused-ring (bicyclic) bond motifs is 1. The van der Waals surface area contributed by atoms with Crippen molar-refractivity contribution in [2.24, 2.45) is 4.99 Å². The van der Waals surface area contributed by atoms with Gasteiger partial charge in [0.25, 0.3) is 0 Å². The van der Waals surface area contributed by atoms with Crippen LogP contribution in [0.25, 0.3) is 0 Å². The maximum absolute atomic E-state index is 5.72. The maximum atomic E-state index is 5.72. The Hall–Kier alpha value is -2.04. The molecule has 0 fully saturated rings. The molecule has 0 unspecified atom stereocenters. The monoisotopic (exact) mass is 528 g/mol. The van der Waals surface area contributed by atoms with Gasteiger partial charge in [0.1, 0.15) is 12.4 Å². The van der Waals surface area contributed by atoms with Gasteiger partial charge in [-0.25, -0.2) is 4.99 Å². The molecule has 2 aromatic rings. The lowest BCUT2D eigenvalue weighted by molar-refractivity contribution is 0.287. The fourth-order valence-corrected chi connectivity index (χ4v) is 3.40. The minimum Gasteiger partial charge on any atom is -0.490 e. The highest BCUT2D eigenvalue weighted by atomic mass is 127. The summed E-state index contributed by atoms with van der Waals surface area (Å²) in [6, 6.07) is 6.12. The highest BCUT2D eigenvalue weighted by molar-refractivity contribution is 14.0. The number of hydrogen-bond donors (Lipinski definition) is 2. The van der Waals surface area contributed by atoms with Gasteiger partial charge < -0.3 is 24.7 Å². The first-order valence-electron chi connectivity index (χ1n) is 10.6. The van der Waals surface area contributed by atoms with E-state index in [2.05, 4.69) is 49.4 Å². The second-order valence-electron chi connectivity index (χ2n) is 6.81. The van der Waals surface area contributed by atoms with E-state index in [0.29, 0.717) is 19.8 Å². The number of ether oxygens (including phenoxy) is 2. The van der Waals surface area contributed by atoms with E-state index in [1.807, 2.05) is 19.9 Å². The van der Waals surface area contributed by atoms with Crippen LogP contribution in [0.15, 0.2) is 23.2 Å². The molecule has 0 aliphatic carbocycles. The standard InChI is InChI=1S/C21H32N6O2.HI/c1-4-22-21(24-15-20-26-25-19-8-7-13-27(19)20)23-12-11-16-9-10-17(28-5-2)18(14-16)29-6-3;/h9-10,14H,4-8,11-13,15H2,1-3H3,(H2,22,23,24);1H. The number of aryl methyl sites for hydroxylation is 1. The topological polar surface area (TPSA) is 85.6 Å². The first kappa shape index (κ1) is 24.2. The highest BCUT2D eigenvalue weighted by Gasteiger charge is 2.16. The smallest absolute Gasteiger partial charge is 0.191 e. The summed E-state index contributed by atoms with van der Waals surface area (Å²) in [6.07, 6.45) is 3.02. The molecule has 30 heavy (non-hydrogen) atoms. The van der Waals surface area contributed by atoms with Crippen LogP contribution in [0.5, 0.6) is 11.5 Å². The Morgan fingerprint density at radius 2 is 1.90 bits per heavy atom. The van der Waals surface area contributed by atoms with Gasteiger partial charge in [-0.2, -0.15) is 0 Å². The predicted molar refractivity (Wildman–Crippen MR) is 129 cm³/mol. The van der Waals surface area contributed by atoms with Crippen LogP contribution < -0.4 is 20.1 Å². The summed E-state index contributed by atoms with van der Waals surface area (Å²) in [5.74, 6) is 4.39. The zero-order chi connectivity index (χ0) is 20.5. The van der Waals surface area contributed by atoms with Crippen molar-refractivity contribution in [2.45, 2.75) is 53.1 Å². The first-order valence-corrected chi connectivity index (χ1v) is 10.6. The lowest BCUT2D eigenvalue weighted by Crippen LogP contribution is -2.38. The van der Waals surface area contributed by atoms with Gasteiger partial charge in [-0.15, -0.1) is 34.2 Å². The molecule has 8 nitrogen and oxygen atoms in total. The molecule has 2 N–H and O–H groups in total. The molecule has 2 heterocycles. The summed E-state index contributed by atoms with van der Waals surface area (Å²) in [7, 11) is 0. The summed E-state index contributed by atoms with van der Waals surface area (Å²) < 4.78 is 13.5. The summed E-state index contributed by atoms with van der Waals surface area (Å²) >= 11 is 0. The van der Waals surface area contributed by atoms with Gasteiger partial charge in [0, 0.05) is 26.1 Å². The van der Waals surface area contributed by atoms with Crippen molar-refractivity contribution in [2.75, 3.05) is 26.3 Å². The molecule has 1 aliphatic rings. The molecule has 166 valence electrons. The summed E-state index contributed by atoms with van der Waals surface area (Å²) in [4.78, 5) is 4.68. The van der Waals surface area contributed by atoms with Gasteiger partial charge in [-0.3, -0.25) is 0 Å². The molecule has 1 aromatic heterocycles. The first-order chi connectivity index (χ1) is 14.2. The van der Waals surface area contributed by atoms with Crippen molar-refractivity contribution in [3.05, 3.63) is 35.4 Å². The number of halogens is 1. The zero-order valence-corrected chi connectivity index (χ0v) is 20.4. The van der Waals surface area contributed by atoms with Crippen molar-refractivity contribution in [3.63, 3.8) is 0 Å². The number of aromatic nitrogens is 3. The average Bonchev–Trinajstić information content (AvgIpc) is 3.33. The average molecular weight is 528 g/mol. The Morgan fingerprint density at radius 1 is 1.10 bits per heavy atom. The molecule has 0 radical (unpaired) electrons. The Balaban J connectivity index is 0.00000320. The number of aliphatic imine (C=N–C) groups is 1. The fraction of sp³-hybridized carbons (Fsp3) is 0.571. The maximum Gasteiger partial charge on any atom is 0.191 e. The Morgan fingerprint density at radius 3 is 2.67 bits per heavy atom. The third-order valence-corrected chi connectivity index (χ3v) is 4.72. The third kappa shape index (κ3) is 6.48. The van der Waals surface area contributed by atoms with Crippen LogP contribution in [0.2, 0.25) is 0 Å². The zero-order valence-electron chi connectivity index (χ0n) is 18.1. The van der Waals surface area contributed by atoms with Gasteiger partial charge in [0.2, 0.25) is 0 Å². The number of hydrogen-bond acceptors (Lipinski definition) is 5. The summed E-state index contributed by atoms with van der Waals surface area (Å²) in [5, 5.41) is 15.2. The van der Waals surface area contributed by atoms with Crippen molar-refractivity contribution in [3.8, 4) is 11.5 Å². The molecular weight excluding hydrogens is 495 g/mol. The number of rotatable bonds is 10. The molecular formula is C21H33IN6O2. The molecule has 0 saturated heterocycles. The van der Waals surface area contributed by atoms with Crippen molar-refractivity contribution in [1.29, 1.82) is 0 Å². The van der Waals surface area contributed by atoms with E-state index in [1.165, 1.54) is 5.56 Å². The SMILES string of the molecule is CCNC(=NCc1nnc2n1CCC2)NCCc1ccc(OCC)c(OCC)c1.I. The second-order valence-corrected chi connectivity index (χ2v) is 6.81. The lowest BCUT2D eigenvalue weighted by Gasteiger charge is -2.14. The number of nitrogens with one attached hydrogen (secondary N) is 2. The molecule has 1 aliphatic heterocycles. The highest BCUT2D eigenvalue weighted by Crippen LogP contribution is 2.28. The van der Waals surface area contributed by atoms with E-state index in [1.54, 1.807) is 0 Å². The van der Waals surface area contributed by atoms with Gasteiger partial charge in [-0.1, -0.05) is 6.07 Å². The van der Waals surface area contributed by atoms with Crippen LogP contribution in [0.3, 0.4) is 0 Å². The van der Waals surface area contributed by atoms with Gasteiger partial charge in [0.05, 0.1) is 13.2 Å². The van der Waals surface area contributed by atoms with Crippen molar-refractivity contribution >= 4 is 29.9 Å². The molecule has 9 heteroatoms. The van der Waals surface area contributed by atoms with Crippen LogP contribution in [0.4, 0.5) is 0 Å². The van der Waals surface area contributed by atoms with Crippen LogP contribution >= 0.6 is 24.0 Å². The fourth-order valence-electron chi connectivity index (χ4n) is 3.40. The normalized spacial score (nSPS) is 12.8. The molecule has 3 rings (SSSR count). The third-order valence-electron chi connectivity index (χ3n) is 4.72. The molecule has 1 aromatic carbocycles. The Labute approximate surface area is 195 Å². The minimum absolute atomic E-state index is 0. The summed E-state index contributed by atoms with van der Waals surface area (Å²) in [6.45, 7) is 10.4. The molecule has 0 saturated carbocycles. The lowest BCUT2D eigenvalue weighted by atomic mass is 10.1. The predicted octanol–water partition coefficient (Wildman–Crippen LogP) is 2.94. The van der Waals surface area contributed by atoms with E-state index in [4.69, 9.17) is 9.47 Å². The Kier molecular flexibility index (Phi) is 10.2. The van der Waals surface area contributed by atoms with E-state index < -0.39 is 0 Å². The van der Waals surface area contributed by atoms with Gasteiger partial charge >= 0.3 is 0 Å². The molecule has 0 bridgehead atoms. The van der Waals surface area contributed by atoms with Crippen molar-refractivity contribution in [1.82, 2.24) is 25.4 Å². The van der Waals surface area contributed by atoms with E-state index in [-0.39, 0.29) is 24.0 Å². The number of nitrogens with zero attached hydrogens (tertiary/aromatic N) is 4. The van der Waals surface area contributed by atoms with Gasteiger partial charge in [0.15, 0.2) is 23.3 Å². The number of guanidine groups is 1. The summed E-state index contributed by atoms with van der Waals surface area (Å²) in [5.41, 5.74) is 1.19. The van der Waals surface area contributed by atoms with E-state index in [9.17, 15) is 0 Å². The van der Waals surface area contributed by atoms with Crippen LogP contribution in [0.1, 0.15) is 44.4 Å². The van der Waals surface area contributed by atoms with Crippen LogP contribution in [0, 0.1) is 0 Å². The largest absolute Gasteiger partial charge is 0.490 e. The molecule has 0 amide bonds. The quantitative estimate of drug-likeness (QED) is 0.280. The van der Waals surface area contributed by atoms with Crippen LogP contribution in [-0.2, 0) is 25.9 Å². The molecule has 0 spiro atoms. The second kappa shape index (κ2) is 12.6.